The van der Waals surface area contributed by atoms with Crippen molar-refractivity contribution in [1.82, 2.24) is 15.2 Å². The van der Waals surface area contributed by atoms with Crippen molar-refractivity contribution in [2.75, 3.05) is 7.11 Å². The molecule has 0 aliphatic rings. The van der Waals surface area contributed by atoms with Crippen LogP contribution in [0.3, 0.4) is 0 Å². The van der Waals surface area contributed by atoms with Gasteiger partial charge >= 0.3 is 6.18 Å². The van der Waals surface area contributed by atoms with Gasteiger partial charge in [0.15, 0.2) is 0 Å². The van der Waals surface area contributed by atoms with Crippen molar-refractivity contribution in [3.8, 4) is 22.8 Å². The molecule has 0 saturated heterocycles. The molecule has 0 unspecified atom stereocenters. The molecule has 0 fully saturated rings. The average Bonchev–Trinajstić information content (AvgIpc) is 3.17. The maximum atomic E-state index is 12.8. The number of halogens is 3. The van der Waals surface area contributed by atoms with Gasteiger partial charge in [0.05, 0.1) is 12.5 Å². The number of aromatic amines is 1. The molecule has 0 saturated carbocycles. The maximum Gasteiger partial charge on any atom is 0.451 e. The van der Waals surface area contributed by atoms with Crippen LogP contribution >= 0.6 is 0 Å². The number of ether oxygens (including phenoxy) is 1. The van der Waals surface area contributed by atoms with E-state index in [1.54, 1.807) is 31.4 Å². The van der Waals surface area contributed by atoms with E-state index in [0.29, 0.717) is 28.0 Å². The van der Waals surface area contributed by atoms with Crippen LogP contribution in [0.4, 0.5) is 19.1 Å². The van der Waals surface area contributed by atoms with Gasteiger partial charge in [-0.05, 0) is 42.5 Å². The summed E-state index contributed by atoms with van der Waals surface area (Å²) >= 11 is 0. The molecule has 0 radical (unpaired) electrons. The van der Waals surface area contributed by atoms with Crippen molar-refractivity contribution in [3.05, 3.63) is 59.7 Å². The second kappa shape index (κ2) is 6.97. The molecule has 4 rings (SSSR count). The third kappa shape index (κ3) is 3.77. The standard InChI is InChI=1S/C19H13F3N4O3/c1-28-12-5-2-10(3-6-12)16-9-14(13-8-11(27)4-7-15(13)29-16)23-18-24-17(25-26-18)19(20,21)22/h2-9,27H,1H3,(H,24,25,26). The van der Waals surface area contributed by atoms with Gasteiger partial charge in [0, 0.05) is 17.0 Å². The van der Waals surface area contributed by atoms with Gasteiger partial charge in [-0.15, -0.1) is 5.10 Å². The van der Waals surface area contributed by atoms with Crippen LogP contribution in [0.1, 0.15) is 5.82 Å². The fourth-order valence-corrected chi connectivity index (χ4v) is 2.68. The first kappa shape index (κ1) is 18.5. The van der Waals surface area contributed by atoms with Crippen LogP contribution in [0.25, 0.3) is 22.3 Å². The van der Waals surface area contributed by atoms with Crippen LogP contribution in [-0.4, -0.2) is 27.4 Å². The van der Waals surface area contributed by atoms with Gasteiger partial charge in [-0.3, -0.25) is 5.10 Å². The smallest absolute Gasteiger partial charge is 0.451 e. The fraction of sp³-hybridized carbons (Fsp3) is 0.105. The van der Waals surface area contributed by atoms with Crippen molar-refractivity contribution in [3.63, 3.8) is 0 Å². The number of benzene rings is 2. The second-order valence-electron chi connectivity index (χ2n) is 6.00. The number of aromatic hydroxyl groups is 1. The molecule has 2 aromatic heterocycles. The highest BCUT2D eigenvalue weighted by Gasteiger charge is 2.35. The normalized spacial score (nSPS) is 12.5. The Morgan fingerprint density at radius 2 is 1.86 bits per heavy atom. The monoisotopic (exact) mass is 402 g/mol. The fourth-order valence-electron chi connectivity index (χ4n) is 2.68. The van der Waals surface area contributed by atoms with Crippen LogP contribution in [0, 0.1) is 0 Å². The van der Waals surface area contributed by atoms with E-state index in [-0.39, 0.29) is 11.1 Å². The molecule has 0 bridgehead atoms. The van der Waals surface area contributed by atoms with E-state index in [1.807, 2.05) is 5.10 Å². The summed E-state index contributed by atoms with van der Waals surface area (Å²) < 4.78 is 49.3. The first-order chi connectivity index (χ1) is 13.8. The molecule has 148 valence electrons. The van der Waals surface area contributed by atoms with Gasteiger partial charge in [0.25, 0.3) is 5.95 Å². The number of alkyl halides is 3. The van der Waals surface area contributed by atoms with Crippen LogP contribution < -0.4 is 10.1 Å². The van der Waals surface area contributed by atoms with Gasteiger partial charge in [-0.2, -0.15) is 18.2 Å². The number of rotatable bonds is 3. The van der Waals surface area contributed by atoms with E-state index in [0.717, 1.165) is 0 Å². The van der Waals surface area contributed by atoms with E-state index >= 15 is 0 Å². The van der Waals surface area contributed by atoms with Crippen molar-refractivity contribution >= 4 is 16.9 Å². The maximum absolute atomic E-state index is 12.8. The van der Waals surface area contributed by atoms with Gasteiger partial charge < -0.3 is 14.3 Å². The molecule has 7 nitrogen and oxygen atoms in total. The van der Waals surface area contributed by atoms with Crippen LogP contribution in [0.15, 0.2) is 57.9 Å². The molecule has 2 N–H and O–H groups in total. The third-order valence-electron chi connectivity index (χ3n) is 4.06. The van der Waals surface area contributed by atoms with Gasteiger partial charge in [-0.25, -0.2) is 4.99 Å². The number of methoxy groups -OCH3 is 1. The number of hydrogen-bond donors (Lipinski definition) is 2. The summed E-state index contributed by atoms with van der Waals surface area (Å²) in [6.45, 7) is 0. The summed E-state index contributed by atoms with van der Waals surface area (Å²) in [7, 11) is 1.55. The van der Waals surface area contributed by atoms with Gasteiger partial charge in [-0.1, -0.05) is 0 Å². The highest BCUT2D eigenvalue weighted by Crippen LogP contribution is 2.28. The van der Waals surface area contributed by atoms with Crippen LogP contribution in [-0.2, 0) is 6.18 Å². The molecular weight excluding hydrogens is 389 g/mol. The van der Waals surface area contributed by atoms with Crippen molar-refractivity contribution in [2.45, 2.75) is 6.18 Å². The molecule has 2 heterocycles. The zero-order valence-corrected chi connectivity index (χ0v) is 14.9. The van der Waals surface area contributed by atoms with Gasteiger partial charge in [0.1, 0.15) is 22.8 Å². The van der Waals surface area contributed by atoms with E-state index < -0.39 is 17.9 Å². The van der Waals surface area contributed by atoms with Crippen LogP contribution in [0.2, 0.25) is 0 Å². The summed E-state index contributed by atoms with van der Waals surface area (Å²) in [6, 6.07) is 12.9. The average molecular weight is 402 g/mol. The molecule has 0 aliphatic carbocycles. The summed E-state index contributed by atoms with van der Waals surface area (Å²) in [5, 5.41) is 15.7. The predicted molar refractivity (Wildman–Crippen MR) is 96.5 cm³/mol. The molecule has 0 aliphatic heterocycles. The molecular formula is C19H13F3N4O3. The quantitative estimate of drug-likeness (QED) is 0.536. The van der Waals surface area contributed by atoms with E-state index in [9.17, 15) is 18.3 Å². The topological polar surface area (TPSA) is 96.5 Å². The molecule has 29 heavy (non-hydrogen) atoms. The Morgan fingerprint density at radius 3 is 2.52 bits per heavy atom. The van der Waals surface area contributed by atoms with Crippen molar-refractivity contribution in [2.24, 2.45) is 4.99 Å². The minimum atomic E-state index is -4.67. The third-order valence-corrected chi connectivity index (χ3v) is 4.06. The lowest BCUT2D eigenvalue weighted by molar-refractivity contribution is -0.144. The Bertz CT molecular complexity index is 1240. The van der Waals surface area contributed by atoms with Crippen LogP contribution in [0.5, 0.6) is 11.5 Å². The number of fused-ring (bicyclic) bond motifs is 1. The molecule has 0 atom stereocenters. The highest BCUT2D eigenvalue weighted by molar-refractivity contribution is 5.80. The predicted octanol–water partition coefficient (Wildman–Crippen LogP) is 4.18. The SMILES string of the molecule is COc1ccc(-c2cc(=Nc3n[nH]c(C(F)(F)F)n3)c3cc(O)ccc3o2)cc1. The lowest BCUT2D eigenvalue weighted by atomic mass is 10.1. The molecule has 0 amide bonds. The van der Waals surface area contributed by atoms with Crippen molar-refractivity contribution in [1.29, 1.82) is 0 Å². The first-order valence-electron chi connectivity index (χ1n) is 8.29. The number of H-pyrrole nitrogens is 1. The molecule has 4 aromatic rings. The Labute approximate surface area is 161 Å². The number of aromatic nitrogens is 3. The summed E-state index contributed by atoms with van der Waals surface area (Å²) in [5.74, 6) is -0.624. The first-order valence-corrected chi connectivity index (χ1v) is 8.29. The largest absolute Gasteiger partial charge is 0.508 e. The molecule has 10 heteroatoms. The molecule has 2 aromatic carbocycles. The second-order valence-corrected chi connectivity index (χ2v) is 6.00. The van der Waals surface area contributed by atoms with E-state index in [4.69, 9.17) is 9.15 Å². The summed E-state index contributed by atoms with van der Waals surface area (Å²) in [4.78, 5) is 7.48. The Kier molecular flexibility index (Phi) is 4.45. The number of hydrogen-bond acceptors (Lipinski definition) is 6. The lowest BCUT2D eigenvalue weighted by Gasteiger charge is -2.06. The highest BCUT2D eigenvalue weighted by atomic mass is 19.4. The zero-order valence-electron chi connectivity index (χ0n) is 14.9. The number of phenols is 1. The van der Waals surface area contributed by atoms with E-state index in [1.165, 1.54) is 24.3 Å². The zero-order chi connectivity index (χ0) is 20.6. The molecule has 0 spiro atoms. The van der Waals surface area contributed by atoms with E-state index in [2.05, 4.69) is 15.1 Å². The minimum Gasteiger partial charge on any atom is -0.508 e. The number of nitrogens with zero attached hydrogens (tertiary/aromatic N) is 3. The Morgan fingerprint density at radius 1 is 1.10 bits per heavy atom. The van der Waals surface area contributed by atoms with Crippen molar-refractivity contribution < 1.29 is 27.4 Å². The minimum absolute atomic E-state index is 0.0488. The lowest BCUT2D eigenvalue weighted by Crippen LogP contribution is -2.07. The van der Waals surface area contributed by atoms with Gasteiger partial charge in [0.2, 0.25) is 5.82 Å². The Balaban J connectivity index is 1.91. The summed E-state index contributed by atoms with van der Waals surface area (Å²) in [6.07, 6.45) is -4.67. The number of nitrogens with one attached hydrogen (secondary N) is 1. The Hall–Kier alpha value is -3.82. The number of phenolic OH excluding ortho intramolecular Hbond substituents is 1. The summed E-state index contributed by atoms with van der Waals surface area (Å²) in [5.41, 5.74) is 1.07.